The molecular weight excluding hydrogens is 298 g/mol. The molecule has 2 unspecified atom stereocenters. The third kappa shape index (κ3) is 3.16. The van der Waals surface area contributed by atoms with Crippen LogP contribution in [0.2, 0.25) is 0 Å². The van der Waals surface area contributed by atoms with Crippen LogP contribution < -0.4 is 5.32 Å². The molecule has 2 saturated heterocycles. The van der Waals surface area contributed by atoms with E-state index in [1.165, 1.54) is 32.6 Å². The van der Waals surface area contributed by atoms with Crippen molar-refractivity contribution >= 4 is 12.4 Å². The van der Waals surface area contributed by atoms with E-state index in [1.807, 2.05) is 36.5 Å². The molecule has 2 aliphatic heterocycles. The number of piperidine rings is 1. The van der Waals surface area contributed by atoms with Crippen LogP contribution in [0.4, 0.5) is 0 Å². The molecular formula is C16H22ClN5. The summed E-state index contributed by atoms with van der Waals surface area (Å²) in [6.45, 7) is 5.67. The number of rotatable bonds is 3. The van der Waals surface area contributed by atoms with Gasteiger partial charge in [-0.25, -0.2) is 0 Å². The Labute approximate surface area is 137 Å². The van der Waals surface area contributed by atoms with E-state index in [4.69, 9.17) is 0 Å². The molecule has 2 atom stereocenters. The average Bonchev–Trinajstić information content (AvgIpc) is 3.17. The molecule has 118 valence electrons. The molecule has 1 aromatic heterocycles. The molecule has 4 rings (SSSR count). The Hall–Kier alpha value is -1.43. The van der Waals surface area contributed by atoms with Gasteiger partial charge in [0.05, 0.1) is 17.6 Å². The monoisotopic (exact) mass is 319 g/mol. The van der Waals surface area contributed by atoms with Crippen LogP contribution in [0.1, 0.15) is 12.1 Å². The highest BCUT2D eigenvalue weighted by Crippen LogP contribution is 2.27. The molecule has 22 heavy (non-hydrogen) atoms. The molecule has 2 aliphatic rings. The van der Waals surface area contributed by atoms with Crippen molar-refractivity contribution in [3.05, 3.63) is 42.2 Å². The van der Waals surface area contributed by atoms with E-state index < -0.39 is 0 Å². The van der Waals surface area contributed by atoms with Crippen molar-refractivity contribution in [1.29, 1.82) is 0 Å². The first-order valence-corrected chi connectivity index (χ1v) is 7.78. The first-order chi connectivity index (χ1) is 10.4. The fourth-order valence-electron chi connectivity index (χ4n) is 3.54. The van der Waals surface area contributed by atoms with Crippen LogP contribution in [0.5, 0.6) is 0 Å². The highest BCUT2D eigenvalue weighted by Gasteiger charge is 2.32. The Morgan fingerprint density at radius 3 is 2.82 bits per heavy atom. The SMILES string of the molecule is Cl.c1ccc(-n2ncc(CN3CCC4CNCC4C3)n2)cc1. The topological polar surface area (TPSA) is 46.0 Å². The zero-order valence-corrected chi connectivity index (χ0v) is 13.4. The van der Waals surface area contributed by atoms with Gasteiger partial charge in [-0.1, -0.05) is 18.2 Å². The van der Waals surface area contributed by atoms with Crippen LogP contribution in [0.25, 0.3) is 5.69 Å². The summed E-state index contributed by atoms with van der Waals surface area (Å²) in [5.74, 6) is 1.71. The summed E-state index contributed by atoms with van der Waals surface area (Å²) in [5.41, 5.74) is 2.07. The van der Waals surface area contributed by atoms with Gasteiger partial charge in [0, 0.05) is 13.1 Å². The lowest BCUT2D eigenvalue weighted by atomic mass is 9.89. The highest BCUT2D eigenvalue weighted by atomic mass is 35.5. The van der Waals surface area contributed by atoms with Gasteiger partial charge in [-0.2, -0.15) is 15.0 Å². The number of fused-ring (bicyclic) bond motifs is 1. The standard InChI is InChI=1S/C16H21N5.ClH/c1-2-4-16(5-3-1)21-18-10-15(19-21)12-20-7-6-13-8-17-9-14(13)11-20;/h1-5,10,13-14,17H,6-9,11-12H2;1H. The first kappa shape index (κ1) is 15.5. The van der Waals surface area contributed by atoms with Crippen LogP contribution in [0.15, 0.2) is 36.5 Å². The first-order valence-electron chi connectivity index (χ1n) is 7.78. The zero-order chi connectivity index (χ0) is 14.1. The van der Waals surface area contributed by atoms with E-state index >= 15 is 0 Å². The average molecular weight is 320 g/mol. The molecule has 2 fully saturated rings. The molecule has 0 radical (unpaired) electrons. The molecule has 0 saturated carbocycles. The van der Waals surface area contributed by atoms with Crippen LogP contribution in [0.3, 0.4) is 0 Å². The van der Waals surface area contributed by atoms with Crippen molar-refractivity contribution < 1.29 is 0 Å². The van der Waals surface area contributed by atoms with Crippen LogP contribution in [-0.2, 0) is 6.54 Å². The number of hydrogen-bond acceptors (Lipinski definition) is 4. The molecule has 2 aromatic rings. The summed E-state index contributed by atoms with van der Waals surface area (Å²) >= 11 is 0. The third-order valence-electron chi connectivity index (χ3n) is 4.70. The fourth-order valence-corrected chi connectivity index (χ4v) is 3.54. The summed E-state index contributed by atoms with van der Waals surface area (Å²) in [6.07, 6.45) is 3.20. The van der Waals surface area contributed by atoms with E-state index in [1.54, 1.807) is 4.80 Å². The second-order valence-corrected chi connectivity index (χ2v) is 6.16. The maximum absolute atomic E-state index is 4.61. The van der Waals surface area contributed by atoms with Crippen molar-refractivity contribution in [2.75, 3.05) is 26.2 Å². The van der Waals surface area contributed by atoms with Crippen molar-refractivity contribution in [2.45, 2.75) is 13.0 Å². The fraction of sp³-hybridized carbons (Fsp3) is 0.500. The molecule has 5 nitrogen and oxygen atoms in total. The Morgan fingerprint density at radius 2 is 1.95 bits per heavy atom. The van der Waals surface area contributed by atoms with Crippen LogP contribution >= 0.6 is 12.4 Å². The van der Waals surface area contributed by atoms with Gasteiger partial charge in [0.15, 0.2) is 0 Å². The minimum atomic E-state index is 0. The van der Waals surface area contributed by atoms with Gasteiger partial charge in [-0.05, 0) is 50.0 Å². The van der Waals surface area contributed by atoms with Crippen LogP contribution in [-0.4, -0.2) is 46.1 Å². The summed E-state index contributed by atoms with van der Waals surface area (Å²) in [6, 6.07) is 10.1. The zero-order valence-electron chi connectivity index (χ0n) is 12.6. The summed E-state index contributed by atoms with van der Waals surface area (Å²) in [7, 11) is 0. The number of halogens is 1. The maximum atomic E-state index is 4.61. The third-order valence-corrected chi connectivity index (χ3v) is 4.70. The number of benzene rings is 1. The quantitative estimate of drug-likeness (QED) is 0.936. The van der Waals surface area contributed by atoms with E-state index in [9.17, 15) is 0 Å². The van der Waals surface area contributed by atoms with Gasteiger partial charge in [-0.15, -0.1) is 12.4 Å². The predicted octanol–water partition coefficient (Wildman–Crippen LogP) is 1.73. The summed E-state index contributed by atoms with van der Waals surface area (Å²) < 4.78 is 0. The second kappa shape index (κ2) is 6.77. The molecule has 0 aliphatic carbocycles. The largest absolute Gasteiger partial charge is 0.316 e. The Morgan fingerprint density at radius 1 is 1.14 bits per heavy atom. The number of nitrogens with one attached hydrogen (secondary N) is 1. The van der Waals surface area contributed by atoms with Gasteiger partial charge >= 0.3 is 0 Å². The number of likely N-dealkylation sites (tertiary alicyclic amines) is 1. The van der Waals surface area contributed by atoms with Crippen molar-refractivity contribution in [2.24, 2.45) is 11.8 Å². The lowest BCUT2D eigenvalue weighted by molar-refractivity contribution is 0.140. The number of hydrogen-bond donors (Lipinski definition) is 1. The molecule has 1 aromatic carbocycles. The molecule has 0 spiro atoms. The van der Waals surface area contributed by atoms with Gasteiger partial charge in [0.2, 0.25) is 0 Å². The van der Waals surface area contributed by atoms with Gasteiger partial charge in [0.1, 0.15) is 0 Å². The highest BCUT2D eigenvalue weighted by molar-refractivity contribution is 5.85. The van der Waals surface area contributed by atoms with E-state index in [0.717, 1.165) is 29.8 Å². The Balaban J connectivity index is 0.00000144. The lowest BCUT2D eigenvalue weighted by Crippen LogP contribution is -2.39. The van der Waals surface area contributed by atoms with Gasteiger partial charge in [0.25, 0.3) is 0 Å². The minimum absolute atomic E-state index is 0. The minimum Gasteiger partial charge on any atom is -0.316 e. The summed E-state index contributed by atoms with van der Waals surface area (Å²) in [4.78, 5) is 4.24. The Kier molecular flexibility index (Phi) is 4.76. The normalized spacial score (nSPS) is 24.7. The lowest BCUT2D eigenvalue weighted by Gasteiger charge is -2.33. The van der Waals surface area contributed by atoms with Crippen molar-refractivity contribution in [3.8, 4) is 5.69 Å². The second-order valence-electron chi connectivity index (χ2n) is 6.16. The number of aromatic nitrogens is 3. The molecule has 6 heteroatoms. The smallest absolute Gasteiger partial charge is 0.0971 e. The van der Waals surface area contributed by atoms with E-state index in [-0.39, 0.29) is 12.4 Å². The summed E-state index contributed by atoms with van der Waals surface area (Å²) in [5, 5.41) is 12.5. The molecule has 0 bridgehead atoms. The van der Waals surface area contributed by atoms with Crippen LogP contribution in [0, 0.1) is 11.8 Å². The molecule has 1 N–H and O–H groups in total. The number of para-hydroxylation sites is 1. The van der Waals surface area contributed by atoms with E-state index in [0.29, 0.717) is 0 Å². The Bertz CT molecular complexity index is 600. The predicted molar refractivity (Wildman–Crippen MR) is 88.4 cm³/mol. The molecule has 0 amide bonds. The number of nitrogens with zero attached hydrogens (tertiary/aromatic N) is 4. The molecule has 3 heterocycles. The van der Waals surface area contributed by atoms with Crippen molar-refractivity contribution in [3.63, 3.8) is 0 Å². The maximum Gasteiger partial charge on any atom is 0.0971 e. The van der Waals surface area contributed by atoms with E-state index in [2.05, 4.69) is 20.4 Å². The van der Waals surface area contributed by atoms with Crippen molar-refractivity contribution in [1.82, 2.24) is 25.2 Å². The van der Waals surface area contributed by atoms with Gasteiger partial charge in [-0.3, -0.25) is 4.90 Å². The van der Waals surface area contributed by atoms with Gasteiger partial charge < -0.3 is 5.32 Å².